The van der Waals surface area contributed by atoms with Gasteiger partial charge < -0.3 is 0 Å². The van der Waals surface area contributed by atoms with Crippen LogP contribution in [-0.2, 0) is 15.8 Å². The molecule has 0 amide bonds. The van der Waals surface area contributed by atoms with Crippen LogP contribution in [0.15, 0.2) is 29.4 Å². The lowest BCUT2D eigenvalue weighted by molar-refractivity contribution is 0.476. The predicted molar refractivity (Wildman–Crippen MR) is 82.2 cm³/mol. The van der Waals surface area contributed by atoms with E-state index in [-0.39, 0.29) is 11.5 Å². The summed E-state index contributed by atoms with van der Waals surface area (Å²) in [6, 6.07) is 9.96. The Morgan fingerprint density at radius 1 is 1.18 bits per heavy atom. The van der Waals surface area contributed by atoms with Crippen LogP contribution >= 0.6 is 0 Å². The molecule has 1 fully saturated rings. The highest BCUT2D eigenvalue weighted by Gasteiger charge is 2.25. The number of hydrogen-bond donors (Lipinski definition) is 1. The van der Waals surface area contributed by atoms with Crippen molar-refractivity contribution in [2.24, 2.45) is 5.10 Å². The number of hydrazone groups is 1. The molecule has 2 rings (SSSR count). The molecule has 0 saturated carbocycles. The van der Waals surface area contributed by atoms with Crippen LogP contribution < -0.4 is 5.43 Å². The molecule has 1 N–H and O–H groups in total. The summed E-state index contributed by atoms with van der Waals surface area (Å²) in [5.41, 5.74) is 3.55. The van der Waals surface area contributed by atoms with Crippen molar-refractivity contribution < 1.29 is 8.42 Å². The van der Waals surface area contributed by atoms with Gasteiger partial charge in [-0.3, -0.25) is 5.43 Å². The lowest BCUT2D eigenvalue weighted by atomic mass is 10.2. The number of nitrogens with one attached hydrogen (secondary N) is 1. The van der Waals surface area contributed by atoms with Crippen LogP contribution in [0.1, 0.15) is 18.4 Å². The highest BCUT2D eigenvalue weighted by atomic mass is 32.2. The van der Waals surface area contributed by atoms with Crippen LogP contribution in [0.5, 0.6) is 0 Å². The number of anilines is 1. The Kier molecular flexibility index (Phi) is 5.10. The van der Waals surface area contributed by atoms with Crippen molar-refractivity contribution in [1.29, 1.82) is 10.5 Å². The molecule has 0 bridgehead atoms. The molecule has 22 heavy (non-hydrogen) atoms. The fourth-order valence-corrected chi connectivity index (χ4v) is 3.75. The van der Waals surface area contributed by atoms with Gasteiger partial charge in [-0.2, -0.15) is 15.6 Å². The van der Waals surface area contributed by atoms with E-state index in [4.69, 9.17) is 10.5 Å². The summed E-state index contributed by atoms with van der Waals surface area (Å²) in [6.45, 7) is 1.20. The third-order valence-corrected chi connectivity index (χ3v) is 5.12. The van der Waals surface area contributed by atoms with Gasteiger partial charge in [0.2, 0.25) is 15.7 Å². The van der Waals surface area contributed by atoms with Crippen molar-refractivity contribution in [3.8, 4) is 12.1 Å². The third-order valence-electron chi connectivity index (χ3n) is 3.27. The first-order chi connectivity index (χ1) is 10.5. The topological polar surface area (TPSA) is 109 Å². The maximum Gasteiger partial charge on any atom is 0.237 e. The summed E-state index contributed by atoms with van der Waals surface area (Å²) >= 11 is 0. The minimum atomic E-state index is -3.26. The summed E-state index contributed by atoms with van der Waals surface area (Å²) in [4.78, 5) is 0. The molecule has 1 aromatic carbocycles. The van der Waals surface area contributed by atoms with Crippen LogP contribution in [0, 0.1) is 22.7 Å². The summed E-state index contributed by atoms with van der Waals surface area (Å²) < 4.78 is 25.9. The Balaban J connectivity index is 2.02. The minimum Gasteiger partial charge on any atom is -0.277 e. The van der Waals surface area contributed by atoms with E-state index in [0.717, 1.165) is 12.8 Å². The number of hydrogen-bond acceptors (Lipinski definition) is 6. The number of rotatable bonds is 5. The zero-order valence-corrected chi connectivity index (χ0v) is 12.7. The third kappa shape index (κ3) is 4.04. The van der Waals surface area contributed by atoms with Gasteiger partial charge in [0.15, 0.2) is 0 Å². The second-order valence-corrected chi connectivity index (χ2v) is 6.82. The van der Waals surface area contributed by atoms with E-state index in [1.54, 1.807) is 36.4 Å². The molecular formula is C14H15N5O2S. The quantitative estimate of drug-likeness (QED) is 0.652. The zero-order valence-electron chi connectivity index (χ0n) is 11.9. The van der Waals surface area contributed by atoms with Crippen molar-refractivity contribution in [2.45, 2.75) is 18.6 Å². The monoisotopic (exact) mass is 317 g/mol. The standard InChI is InChI=1S/C14H15N5O2S/c15-9-14(10-16)18-17-13-5-3-12(4-6-13)11-22(20,21)19-7-1-2-8-19/h3-6,17H,1-2,7-8,11H2. The average molecular weight is 317 g/mol. The molecule has 7 nitrogen and oxygen atoms in total. The molecule has 1 saturated heterocycles. The molecule has 0 aromatic heterocycles. The SMILES string of the molecule is N#CC(C#N)=NNc1ccc(CS(=O)(=O)N2CCCC2)cc1. The number of nitriles is 2. The Hall–Kier alpha value is -2.42. The molecular weight excluding hydrogens is 302 g/mol. The fourth-order valence-electron chi connectivity index (χ4n) is 2.14. The fraction of sp³-hybridized carbons (Fsp3) is 0.357. The van der Waals surface area contributed by atoms with Crippen molar-refractivity contribution in [3.05, 3.63) is 29.8 Å². The maximum atomic E-state index is 12.2. The molecule has 0 unspecified atom stereocenters. The molecule has 1 aliphatic rings. The molecule has 1 heterocycles. The summed E-state index contributed by atoms with van der Waals surface area (Å²) in [7, 11) is -3.26. The van der Waals surface area contributed by atoms with E-state index in [0.29, 0.717) is 24.3 Å². The van der Waals surface area contributed by atoms with E-state index in [1.165, 1.54) is 4.31 Å². The van der Waals surface area contributed by atoms with E-state index >= 15 is 0 Å². The van der Waals surface area contributed by atoms with Crippen LogP contribution in [0.2, 0.25) is 0 Å². The van der Waals surface area contributed by atoms with Gasteiger partial charge in [0.1, 0.15) is 12.1 Å². The number of sulfonamides is 1. The van der Waals surface area contributed by atoms with Gasteiger partial charge in [-0.05, 0) is 30.5 Å². The lowest BCUT2D eigenvalue weighted by Gasteiger charge is -2.15. The lowest BCUT2D eigenvalue weighted by Crippen LogP contribution is -2.29. The van der Waals surface area contributed by atoms with Crippen LogP contribution in [0.4, 0.5) is 5.69 Å². The van der Waals surface area contributed by atoms with E-state index in [1.807, 2.05) is 0 Å². The molecule has 114 valence electrons. The first kappa shape index (κ1) is 16.0. The molecule has 8 heteroatoms. The van der Waals surface area contributed by atoms with Gasteiger partial charge in [0.25, 0.3) is 0 Å². The molecule has 1 aliphatic heterocycles. The summed E-state index contributed by atoms with van der Waals surface area (Å²) in [5, 5.41) is 20.7. The number of nitrogens with zero attached hydrogens (tertiary/aromatic N) is 4. The highest BCUT2D eigenvalue weighted by Crippen LogP contribution is 2.18. The van der Waals surface area contributed by atoms with Crippen LogP contribution in [0.3, 0.4) is 0 Å². The average Bonchev–Trinajstić information content (AvgIpc) is 3.05. The van der Waals surface area contributed by atoms with E-state index < -0.39 is 10.0 Å². The molecule has 0 spiro atoms. The largest absolute Gasteiger partial charge is 0.277 e. The van der Waals surface area contributed by atoms with Gasteiger partial charge >= 0.3 is 0 Å². The normalized spacial score (nSPS) is 14.8. The highest BCUT2D eigenvalue weighted by molar-refractivity contribution is 7.88. The van der Waals surface area contributed by atoms with Gasteiger partial charge in [-0.1, -0.05) is 12.1 Å². The van der Waals surface area contributed by atoms with Gasteiger partial charge in [0, 0.05) is 13.1 Å². The van der Waals surface area contributed by atoms with Gasteiger partial charge in [-0.15, -0.1) is 0 Å². The second-order valence-electron chi connectivity index (χ2n) is 4.86. The van der Waals surface area contributed by atoms with E-state index in [2.05, 4.69) is 10.5 Å². The first-order valence-corrected chi connectivity index (χ1v) is 8.37. The van der Waals surface area contributed by atoms with Gasteiger partial charge in [0.05, 0.1) is 11.4 Å². The van der Waals surface area contributed by atoms with Crippen molar-refractivity contribution in [2.75, 3.05) is 18.5 Å². The molecule has 1 aromatic rings. The second kappa shape index (κ2) is 7.03. The Labute approximate surface area is 129 Å². The Morgan fingerprint density at radius 3 is 2.32 bits per heavy atom. The molecule has 0 radical (unpaired) electrons. The molecule has 0 atom stereocenters. The number of benzene rings is 1. The summed E-state index contributed by atoms with van der Waals surface area (Å²) in [5.74, 6) is -0.0296. The Morgan fingerprint density at radius 2 is 1.77 bits per heavy atom. The molecule has 0 aliphatic carbocycles. The van der Waals surface area contributed by atoms with Crippen molar-refractivity contribution in [1.82, 2.24) is 4.31 Å². The zero-order chi connectivity index (χ0) is 16.0. The van der Waals surface area contributed by atoms with Gasteiger partial charge in [-0.25, -0.2) is 12.7 Å². The van der Waals surface area contributed by atoms with Crippen LogP contribution in [0.25, 0.3) is 0 Å². The Bertz CT molecular complexity index is 719. The van der Waals surface area contributed by atoms with E-state index in [9.17, 15) is 8.42 Å². The van der Waals surface area contributed by atoms with Crippen molar-refractivity contribution >= 4 is 21.4 Å². The smallest absolute Gasteiger partial charge is 0.237 e. The predicted octanol–water partition coefficient (Wildman–Crippen LogP) is 1.43. The first-order valence-electron chi connectivity index (χ1n) is 6.76. The van der Waals surface area contributed by atoms with Crippen molar-refractivity contribution in [3.63, 3.8) is 0 Å². The summed E-state index contributed by atoms with van der Waals surface area (Å²) in [6.07, 6.45) is 1.83. The minimum absolute atomic E-state index is 0.0296. The van der Waals surface area contributed by atoms with Crippen LogP contribution in [-0.4, -0.2) is 31.5 Å². The maximum absolute atomic E-state index is 12.2.